The van der Waals surface area contributed by atoms with Gasteiger partial charge in [0, 0.05) is 0 Å². The van der Waals surface area contributed by atoms with Gasteiger partial charge in [0.15, 0.2) is 5.69 Å². The van der Waals surface area contributed by atoms with Crippen molar-refractivity contribution < 1.29 is 14.6 Å². The van der Waals surface area contributed by atoms with E-state index in [9.17, 15) is 4.79 Å². The number of para-hydroxylation sites is 1. The van der Waals surface area contributed by atoms with E-state index in [4.69, 9.17) is 21.4 Å². The number of aromatic nitrogens is 3. The van der Waals surface area contributed by atoms with Crippen molar-refractivity contribution in [1.29, 1.82) is 0 Å². The molecule has 0 unspecified atom stereocenters. The molecule has 0 saturated heterocycles. The number of carboxylic acid groups (broad SMARTS) is 1. The minimum Gasteiger partial charge on any atom is -0.486 e. The maximum Gasteiger partial charge on any atom is 0.358 e. The molecular formula is C10H8ClN3O3. The van der Waals surface area contributed by atoms with Crippen LogP contribution in [0.5, 0.6) is 5.75 Å². The zero-order valence-electron chi connectivity index (χ0n) is 8.55. The van der Waals surface area contributed by atoms with Crippen LogP contribution in [0.15, 0.2) is 24.3 Å². The van der Waals surface area contributed by atoms with Crippen LogP contribution in [0.2, 0.25) is 5.02 Å². The van der Waals surface area contributed by atoms with E-state index in [1.54, 1.807) is 24.3 Å². The van der Waals surface area contributed by atoms with Crippen molar-refractivity contribution in [2.24, 2.45) is 0 Å². The SMILES string of the molecule is O=C(O)c1n[nH]nc1COc1ccccc1Cl. The van der Waals surface area contributed by atoms with Gasteiger partial charge in [-0.25, -0.2) is 4.79 Å². The molecule has 88 valence electrons. The predicted octanol–water partition coefficient (Wildman–Crippen LogP) is 1.74. The van der Waals surface area contributed by atoms with E-state index in [1.165, 1.54) is 0 Å². The number of rotatable bonds is 4. The number of halogens is 1. The lowest BCUT2D eigenvalue weighted by Gasteiger charge is -2.05. The second kappa shape index (κ2) is 4.84. The third-order valence-corrected chi connectivity index (χ3v) is 2.34. The van der Waals surface area contributed by atoms with Crippen LogP contribution in [0, 0.1) is 0 Å². The van der Waals surface area contributed by atoms with Crippen LogP contribution in [-0.2, 0) is 6.61 Å². The Bertz CT molecular complexity index is 541. The smallest absolute Gasteiger partial charge is 0.358 e. The highest BCUT2D eigenvalue weighted by atomic mass is 35.5. The number of nitrogens with one attached hydrogen (secondary N) is 1. The first kappa shape index (κ1) is 11.4. The first-order valence-electron chi connectivity index (χ1n) is 4.68. The molecule has 0 atom stereocenters. The van der Waals surface area contributed by atoms with E-state index in [1.807, 2.05) is 0 Å². The average Bonchev–Trinajstić information content (AvgIpc) is 2.76. The van der Waals surface area contributed by atoms with Gasteiger partial charge in [-0.2, -0.15) is 10.3 Å². The summed E-state index contributed by atoms with van der Waals surface area (Å²) in [4.78, 5) is 10.8. The fourth-order valence-corrected chi connectivity index (χ4v) is 1.42. The largest absolute Gasteiger partial charge is 0.486 e. The van der Waals surface area contributed by atoms with E-state index in [0.717, 1.165) is 0 Å². The van der Waals surface area contributed by atoms with Crippen molar-refractivity contribution >= 4 is 17.6 Å². The van der Waals surface area contributed by atoms with Crippen LogP contribution in [0.1, 0.15) is 16.2 Å². The van der Waals surface area contributed by atoms with Crippen molar-refractivity contribution in [2.45, 2.75) is 6.61 Å². The van der Waals surface area contributed by atoms with E-state index < -0.39 is 5.97 Å². The number of H-pyrrole nitrogens is 1. The summed E-state index contributed by atoms with van der Waals surface area (Å²) in [5.74, 6) is -0.690. The molecule has 0 fully saturated rings. The highest BCUT2D eigenvalue weighted by molar-refractivity contribution is 6.32. The van der Waals surface area contributed by atoms with Crippen LogP contribution in [-0.4, -0.2) is 26.5 Å². The summed E-state index contributed by atoms with van der Waals surface area (Å²) in [6, 6.07) is 6.90. The second-order valence-electron chi connectivity index (χ2n) is 3.14. The van der Waals surface area contributed by atoms with Crippen LogP contribution in [0.25, 0.3) is 0 Å². The summed E-state index contributed by atoms with van der Waals surface area (Å²) in [6.07, 6.45) is 0. The maximum atomic E-state index is 10.8. The molecule has 2 aromatic rings. The van der Waals surface area contributed by atoms with Gasteiger partial charge < -0.3 is 9.84 Å². The molecule has 0 spiro atoms. The molecule has 2 N–H and O–H groups in total. The third-order valence-electron chi connectivity index (χ3n) is 2.02. The normalized spacial score (nSPS) is 10.2. The highest BCUT2D eigenvalue weighted by Gasteiger charge is 2.15. The Morgan fingerprint density at radius 3 is 2.88 bits per heavy atom. The molecule has 0 amide bonds. The maximum absolute atomic E-state index is 10.8. The Hall–Kier alpha value is -2.08. The topological polar surface area (TPSA) is 88.1 Å². The predicted molar refractivity (Wildman–Crippen MR) is 59.1 cm³/mol. The van der Waals surface area contributed by atoms with Crippen molar-refractivity contribution in [1.82, 2.24) is 15.4 Å². The Balaban J connectivity index is 2.10. The van der Waals surface area contributed by atoms with Gasteiger partial charge in [-0.1, -0.05) is 23.7 Å². The van der Waals surface area contributed by atoms with Gasteiger partial charge in [0.25, 0.3) is 0 Å². The Morgan fingerprint density at radius 2 is 2.18 bits per heavy atom. The van der Waals surface area contributed by atoms with Gasteiger partial charge in [0.05, 0.1) is 5.02 Å². The molecule has 0 radical (unpaired) electrons. The monoisotopic (exact) mass is 253 g/mol. The summed E-state index contributed by atoms with van der Waals surface area (Å²) in [5, 5.41) is 18.7. The number of carboxylic acids is 1. The molecule has 0 aliphatic rings. The zero-order valence-corrected chi connectivity index (χ0v) is 9.31. The number of hydrogen-bond acceptors (Lipinski definition) is 4. The molecule has 17 heavy (non-hydrogen) atoms. The summed E-state index contributed by atoms with van der Waals surface area (Å²) in [5.41, 5.74) is 0.0643. The van der Waals surface area contributed by atoms with E-state index >= 15 is 0 Å². The van der Waals surface area contributed by atoms with E-state index in [2.05, 4.69) is 15.4 Å². The Kier molecular flexibility index (Phi) is 3.24. The number of aromatic amines is 1. The number of ether oxygens (including phenoxy) is 1. The number of carbonyl (C=O) groups is 1. The van der Waals surface area contributed by atoms with Crippen molar-refractivity contribution in [3.05, 3.63) is 40.7 Å². The molecule has 0 aliphatic carbocycles. The number of aromatic carboxylic acids is 1. The summed E-state index contributed by atoms with van der Waals surface area (Å²) in [6.45, 7) is -0.0120. The molecule has 0 saturated carbocycles. The summed E-state index contributed by atoms with van der Waals surface area (Å²) < 4.78 is 5.35. The van der Waals surface area contributed by atoms with E-state index in [-0.39, 0.29) is 18.0 Å². The molecule has 6 nitrogen and oxygen atoms in total. The lowest BCUT2D eigenvalue weighted by atomic mass is 10.3. The number of hydrogen-bond donors (Lipinski definition) is 2. The number of nitrogens with zero attached hydrogens (tertiary/aromatic N) is 2. The van der Waals surface area contributed by atoms with Gasteiger partial charge in [-0.3, -0.25) is 0 Å². The minimum atomic E-state index is -1.16. The highest BCUT2D eigenvalue weighted by Crippen LogP contribution is 2.23. The van der Waals surface area contributed by atoms with Crippen molar-refractivity contribution in [3.63, 3.8) is 0 Å². The van der Waals surface area contributed by atoms with Gasteiger partial charge in [0.2, 0.25) is 0 Å². The van der Waals surface area contributed by atoms with Gasteiger partial charge >= 0.3 is 5.97 Å². The van der Waals surface area contributed by atoms with Gasteiger partial charge in [0.1, 0.15) is 18.1 Å². The molecule has 1 heterocycles. The summed E-state index contributed by atoms with van der Waals surface area (Å²) >= 11 is 5.88. The molecule has 0 aliphatic heterocycles. The van der Waals surface area contributed by atoms with Crippen molar-refractivity contribution in [3.8, 4) is 5.75 Å². The van der Waals surface area contributed by atoms with Crippen molar-refractivity contribution in [2.75, 3.05) is 0 Å². The standard InChI is InChI=1S/C10H8ClN3O3/c11-6-3-1-2-4-8(6)17-5-7-9(10(15)16)13-14-12-7/h1-4H,5H2,(H,15,16)(H,12,13,14). The Morgan fingerprint density at radius 1 is 1.41 bits per heavy atom. The van der Waals surface area contributed by atoms with Crippen LogP contribution in [0.4, 0.5) is 0 Å². The molecular weight excluding hydrogens is 246 g/mol. The molecule has 1 aromatic carbocycles. The summed E-state index contributed by atoms with van der Waals surface area (Å²) in [7, 11) is 0. The average molecular weight is 254 g/mol. The molecule has 1 aromatic heterocycles. The van der Waals surface area contributed by atoms with Gasteiger partial charge in [-0.05, 0) is 12.1 Å². The second-order valence-corrected chi connectivity index (χ2v) is 3.55. The van der Waals surface area contributed by atoms with Gasteiger partial charge in [-0.15, -0.1) is 5.10 Å². The fourth-order valence-electron chi connectivity index (χ4n) is 1.23. The lowest BCUT2D eigenvalue weighted by molar-refractivity contribution is 0.0687. The molecule has 7 heteroatoms. The minimum absolute atomic E-state index is 0.0120. The first-order chi connectivity index (χ1) is 8.18. The zero-order chi connectivity index (χ0) is 12.3. The van der Waals surface area contributed by atoms with Crippen LogP contribution >= 0.6 is 11.6 Å². The third kappa shape index (κ3) is 2.54. The van der Waals surface area contributed by atoms with Crippen LogP contribution in [0.3, 0.4) is 0 Å². The number of benzene rings is 1. The van der Waals surface area contributed by atoms with E-state index in [0.29, 0.717) is 10.8 Å². The first-order valence-corrected chi connectivity index (χ1v) is 5.06. The fraction of sp³-hybridized carbons (Fsp3) is 0.100. The molecule has 0 bridgehead atoms. The Labute approximate surface area is 101 Å². The molecule has 2 rings (SSSR count). The lowest BCUT2D eigenvalue weighted by Crippen LogP contribution is -2.05. The van der Waals surface area contributed by atoms with Crippen LogP contribution < -0.4 is 4.74 Å². The quantitative estimate of drug-likeness (QED) is 0.866.